The molecule has 0 aliphatic rings. The van der Waals surface area contributed by atoms with Crippen LogP contribution in [0, 0.1) is 18.3 Å². The number of rotatable bonds is 4. The third-order valence-corrected chi connectivity index (χ3v) is 3.66. The van der Waals surface area contributed by atoms with E-state index < -0.39 is 0 Å². The van der Waals surface area contributed by atoms with Gasteiger partial charge in [0.1, 0.15) is 16.8 Å². The molecule has 0 aliphatic heterocycles. The molecule has 0 spiro atoms. The van der Waals surface area contributed by atoms with Crippen molar-refractivity contribution >= 4 is 11.3 Å². The Morgan fingerprint density at radius 1 is 1.50 bits per heavy atom. The highest BCUT2D eigenvalue weighted by molar-refractivity contribution is 7.11. The second kappa shape index (κ2) is 5.71. The van der Waals surface area contributed by atoms with Gasteiger partial charge in [-0.15, -0.1) is 11.3 Å². The van der Waals surface area contributed by atoms with Crippen LogP contribution in [0.2, 0.25) is 0 Å². The Kier molecular flexibility index (Phi) is 4.03. The maximum absolute atomic E-state index is 8.78. The van der Waals surface area contributed by atoms with Gasteiger partial charge in [0.2, 0.25) is 0 Å². The Hall–Kier alpha value is -1.77. The molecule has 0 saturated carbocycles. The lowest BCUT2D eigenvalue weighted by molar-refractivity contribution is 0.571. The number of aryl methyl sites for hydroxylation is 1. The van der Waals surface area contributed by atoms with Crippen LogP contribution >= 0.6 is 11.3 Å². The molecule has 2 heterocycles. The van der Waals surface area contributed by atoms with Gasteiger partial charge in [-0.3, -0.25) is 0 Å². The third-order valence-electron chi connectivity index (χ3n) is 2.56. The van der Waals surface area contributed by atoms with Crippen molar-refractivity contribution in [3.63, 3.8) is 0 Å². The number of pyridine rings is 1. The number of nitrogens with one attached hydrogen (secondary N) is 1. The lowest BCUT2D eigenvalue weighted by Crippen LogP contribution is -2.18. The normalized spacial score (nSPS) is 12.1. The minimum absolute atomic E-state index is 0.211. The van der Waals surface area contributed by atoms with Gasteiger partial charge in [-0.2, -0.15) is 5.26 Å². The molecule has 1 N–H and O–H groups in total. The molecule has 4 nitrogen and oxygen atoms in total. The Morgan fingerprint density at radius 3 is 3.00 bits per heavy atom. The fourth-order valence-electron chi connectivity index (χ4n) is 1.58. The molecule has 0 aliphatic carbocycles. The molecule has 0 bridgehead atoms. The first-order valence-electron chi connectivity index (χ1n) is 5.70. The predicted molar refractivity (Wildman–Crippen MR) is 71.1 cm³/mol. The fraction of sp³-hybridized carbons (Fsp3) is 0.308. The Bertz CT molecular complexity index is 570. The van der Waals surface area contributed by atoms with Gasteiger partial charge in [0.15, 0.2) is 0 Å². The summed E-state index contributed by atoms with van der Waals surface area (Å²) in [5, 5.41) is 13.3. The molecule has 5 heteroatoms. The standard InChI is InChI=1S/C13H14N4S/c1-9-7-17-13(18-9)10(2)16-8-11-3-4-15-12(5-11)6-14/h3-5,7,10,16H,8H2,1-2H3. The first-order chi connectivity index (χ1) is 8.69. The molecule has 0 aromatic carbocycles. The van der Waals surface area contributed by atoms with Crippen LogP contribution in [0.5, 0.6) is 0 Å². The molecule has 92 valence electrons. The molecule has 1 unspecified atom stereocenters. The molecule has 2 aromatic heterocycles. The Balaban J connectivity index is 1.97. The van der Waals surface area contributed by atoms with Gasteiger partial charge < -0.3 is 5.32 Å². The van der Waals surface area contributed by atoms with Gasteiger partial charge in [-0.25, -0.2) is 9.97 Å². The summed E-state index contributed by atoms with van der Waals surface area (Å²) in [5.74, 6) is 0. The quantitative estimate of drug-likeness (QED) is 0.915. The van der Waals surface area contributed by atoms with Crippen molar-refractivity contribution in [2.24, 2.45) is 0 Å². The van der Waals surface area contributed by atoms with Crippen LogP contribution in [0.3, 0.4) is 0 Å². The van der Waals surface area contributed by atoms with Gasteiger partial charge >= 0.3 is 0 Å². The van der Waals surface area contributed by atoms with Gasteiger partial charge in [0.05, 0.1) is 6.04 Å². The number of thiazole rings is 1. The molecular formula is C13H14N4S. The van der Waals surface area contributed by atoms with E-state index in [0.717, 1.165) is 10.6 Å². The highest BCUT2D eigenvalue weighted by Crippen LogP contribution is 2.19. The van der Waals surface area contributed by atoms with E-state index in [1.54, 1.807) is 23.6 Å². The first-order valence-corrected chi connectivity index (χ1v) is 6.51. The Morgan fingerprint density at radius 2 is 2.33 bits per heavy atom. The summed E-state index contributed by atoms with van der Waals surface area (Å²) in [6, 6.07) is 5.96. The summed E-state index contributed by atoms with van der Waals surface area (Å²) >= 11 is 1.70. The van der Waals surface area contributed by atoms with Crippen LogP contribution in [-0.2, 0) is 6.54 Å². The molecular weight excluding hydrogens is 244 g/mol. The minimum atomic E-state index is 0.211. The van der Waals surface area contributed by atoms with Crippen LogP contribution in [0.4, 0.5) is 0 Å². The Labute approximate surface area is 110 Å². The van der Waals surface area contributed by atoms with Crippen molar-refractivity contribution in [2.45, 2.75) is 26.4 Å². The van der Waals surface area contributed by atoms with Gasteiger partial charge in [0, 0.05) is 23.8 Å². The number of hydrogen-bond donors (Lipinski definition) is 1. The van der Waals surface area contributed by atoms with Crippen LogP contribution in [-0.4, -0.2) is 9.97 Å². The van der Waals surface area contributed by atoms with Crippen LogP contribution < -0.4 is 5.32 Å². The van der Waals surface area contributed by atoms with Crippen molar-refractivity contribution in [3.8, 4) is 6.07 Å². The number of nitrogens with zero attached hydrogens (tertiary/aromatic N) is 3. The highest BCUT2D eigenvalue weighted by Gasteiger charge is 2.08. The number of aromatic nitrogens is 2. The fourth-order valence-corrected chi connectivity index (χ4v) is 2.38. The smallest absolute Gasteiger partial charge is 0.140 e. The number of nitriles is 1. The molecule has 2 aromatic rings. The average Bonchev–Trinajstić information content (AvgIpc) is 2.83. The number of hydrogen-bond acceptors (Lipinski definition) is 5. The van der Waals surface area contributed by atoms with Crippen LogP contribution in [0.1, 0.15) is 34.1 Å². The second-order valence-electron chi connectivity index (χ2n) is 4.07. The van der Waals surface area contributed by atoms with E-state index >= 15 is 0 Å². The molecule has 1 atom stereocenters. The van der Waals surface area contributed by atoms with E-state index in [1.165, 1.54) is 4.88 Å². The molecule has 0 radical (unpaired) electrons. The van der Waals surface area contributed by atoms with E-state index in [9.17, 15) is 0 Å². The summed E-state index contributed by atoms with van der Waals surface area (Å²) in [5.41, 5.74) is 1.51. The van der Waals surface area contributed by atoms with Crippen LogP contribution in [0.25, 0.3) is 0 Å². The topological polar surface area (TPSA) is 61.6 Å². The zero-order valence-electron chi connectivity index (χ0n) is 10.3. The summed E-state index contributed by atoms with van der Waals surface area (Å²) < 4.78 is 0. The lowest BCUT2D eigenvalue weighted by atomic mass is 10.2. The van der Waals surface area contributed by atoms with E-state index in [-0.39, 0.29) is 6.04 Å². The monoisotopic (exact) mass is 258 g/mol. The predicted octanol–water partition coefficient (Wildman–Crippen LogP) is 2.57. The van der Waals surface area contributed by atoms with E-state index in [0.29, 0.717) is 12.2 Å². The maximum Gasteiger partial charge on any atom is 0.140 e. The molecule has 18 heavy (non-hydrogen) atoms. The van der Waals surface area contributed by atoms with E-state index in [4.69, 9.17) is 5.26 Å². The maximum atomic E-state index is 8.78. The van der Waals surface area contributed by atoms with Crippen molar-refractivity contribution in [1.82, 2.24) is 15.3 Å². The summed E-state index contributed by atoms with van der Waals surface area (Å²) in [7, 11) is 0. The first kappa shape index (κ1) is 12.7. The zero-order valence-corrected chi connectivity index (χ0v) is 11.2. The third kappa shape index (κ3) is 3.13. The SMILES string of the molecule is Cc1cnc(C(C)NCc2ccnc(C#N)c2)s1. The van der Waals surface area contributed by atoms with Crippen molar-refractivity contribution in [2.75, 3.05) is 0 Å². The summed E-state index contributed by atoms with van der Waals surface area (Å²) in [6.07, 6.45) is 3.55. The highest BCUT2D eigenvalue weighted by atomic mass is 32.1. The van der Waals surface area contributed by atoms with E-state index in [1.807, 2.05) is 18.3 Å². The van der Waals surface area contributed by atoms with Crippen molar-refractivity contribution < 1.29 is 0 Å². The zero-order chi connectivity index (χ0) is 13.0. The summed E-state index contributed by atoms with van der Waals surface area (Å²) in [6.45, 7) is 4.84. The second-order valence-corrected chi connectivity index (χ2v) is 5.34. The largest absolute Gasteiger partial charge is 0.304 e. The average molecular weight is 258 g/mol. The van der Waals surface area contributed by atoms with Gasteiger partial charge in [-0.05, 0) is 31.5 Å². The summed E-state index contributed by atoms with van der Waals surface area (Å²) in [4.78, 5) is 9.52. The molecule has 0 saturated heterocycles. The van der Waals surface area contributed by atoms with Gasteiger partial charge in [0.25, 0.3) is 0 Å². The minimum Gasteiger partial charge on any atom is -0.304 e. The van der Waals surface area contributed by atoms with Crippen molar-refractivity contribution in [1.29, 1.82) is 5.26 Å². The van der Waals surface area contributed by atoms with Crippen molar-refractivity contribution in [3.05, 3.63) is 45.7 Å². The molecule has 0 fully saturated rings. The molecule has 0 amide bonds. The van der Waals surface area contributed by atoms with Gasteiger partial charge in [-0.1, -0.05) is 0 Å². The van der Waals surface area contributed by atoms with E-state index in [2.05, 4.69) is 29.1 Å². The molecule has 2 rings (SSSR count). The van der Waals surface area contributed by atoms with Crippen LogP contribution in [0.15, 0.2) is 24.5 Å². The lowest BCUT2D eigenvalue weighted by Gasteiger charge is -2.10.